The fraction of sp³-hybridized carbons (Fsp3) is 0.350. The first kappa shape index (κ1) is 17.1. The number of hydrogen-bond donors (Lipinski definition) is 1. The minimum absolute atomic E-state index is 0.0285. The molecule has 5 heteroatoms. The van der Waals surface area contributed by atoms with Crippen LogP contribution in [0.1, 0.15) is 46.2 Å². The van der Waals surface area contributed by atoms with E-state index < -0.39 is 0 Å². The molecule has 0 bridgehead atoms. The van der Waals surface area contributed by atoms with Crippen molar-refractivity contribution >= 4 is 17.5 Å². The molecule has 1 aliphatic heterocycles. The summed E-state index contributed by atoms with van der Waals surface area (Å²) in [4.78, 5) is 31.1. The number of para-hydroxylation sites is 1. The molecule has 130 valence electrons. The highest BCUT2D eigenvalue weighted by Gasteiger charge is 2.22. The predicted molar refractivity (Wildman–Crippen MR) is 97.7 cm³/mol. The highest BCUT2D eigenvalue weighted by molar-refractivity contribution is 6.05. The summed E-state index contributed by atoms with van der Waals surface area (Å²) in [5, 5.41) is 2.85. The predicted octanol–water partition coefficient (Wildman–Crippen LogP) is 3.51. The van der Waals surface area contributed by atoms with E-state index in [1.165, 1.54) is 6.20 Å². The lowest BCUT2D eigenvalue weighted by Crippen LogP contribution is -2.38. The van der Waals surface area contributed by atoms with Crippen LogP contribution in [0.2, 0.25) is 0 Å². The summed E-state index contributed by atoms with van der Waals surface area (Å²) in [6.45, 7) is 5.68. The second-order valence-electron chi connectivity index (χ2n) is 6.67. The van der Waals surface area contributed by atoms with Gasteiger partial charge in [0.05, 0.1) is 0 Å². The van der Waals surface area contributed by atoms with Gasteiger partial charge in [0.1, 0.15) is 5.69 Å². The standard InChI is InChI=1S/C20H23N3O2/c1-14-8-11-23(12-9-14)20(25)16-7-10-21-18(13-16)19(24)22-17-6-4-3-5-15(17)2/h3-7,10,13-14H,8-9,11-12H2,1-2H3,(H,22,24). The monoisotopic (exact) mass is 337 g/mol. The number of anilines is 1. The van der Waals surface area contributed by atoms with E-state index >= 15 is 0 Å². The number of nitrogens with zero attached hydrogens (tertiary/aromatic N) is 2. The topological polar surface area (TPSA) is 62.3 Å². The Hall–Kier alpha value is -2.69. The second kappa shape index (κ2) is 7.47. The van der Waals surface area contributed by atoms with Crippen molar-refractivity contribution in [3.63, 3.8) is 0 Å². The Morgan fingerprint density at radius 2 is 1.88 bits per heavy atom. The average molecular weight is 337 g/mol. The normalized spacial score (nSPS) is 15.0. The number of aryl methyl sites for hydroxylation is 1. The van der Waals surface area contributed by atoms with Crippen molar-refractivity contribution in [1.29, 1.82) is 0 Å². The Morgan fingerprint density at radius 3 is 2.60 bits per heavy atom. The van der Waals surface area contributed by atoms with Crippen LogP contribution in [0.3, 0.4) is 0 Å². The first-order valence-electron chi connectivity index (χ1n) is 8.67. The van der Waals surface area contributed by atoms with E-state index in [0.717, 1.165) is 37.2 Å². The van der Waals surface area contributed by atoms with E-state index in [4.69, 9.17) is 0 Å². The molecule has 3 rings (SSSR count). The van der Waals surface area contributed by atoms with Crippen LogP contribution in [0, 0.1) is 12.8 Å². The summed E-state index contributed by atoms with van der Waals surface area (Å²) in [5.74, 6) is 0.326. The summed E-state index contributed by atoms with van der Waals surface area (Å²) in [6.07, 6.45) is 3.57. The number of pyridine rings is 1. The summed E-state index contributed by atoms with van der Waals surface area (Å²) < 4.78 is 0. The fourth-order valence-corrected chi connectivity index (χ4v) is 2.98. The van der Waals surface area contributed by atoms with Crippen LogP contribution in [0.4, 0.5) is 5.69 Å². The molecular weight excluding hydrogens is 314 g/mol. The number of likely N-dealkylation sites (tertiary alicyclic amines) is 1. The van der Waals surface area contributed by atoms with Gasteiger partial charge >= 0.3 is 0 Å². The van der Waals surface area contributed by atoms with Gasteiger partial charge in [0.2, 0.25) is 0 Å². The lowest BCUT2D eigenvalue weighted by Gasteiger charge is -2.30. The Labute approximate surface area is 148 Å². The van der Waals surface area contributed by atoms with Crippen LogP contribution in [-0.2, 0) is 0 Å². The molecule has 5 nitrogen and oxygen atoms in total. The largest absolute Gasteiger partial charge is 0.339 e. The third-order valence-electron chi connectivity index (χ3n) is 4.70. The second-order valence-corrected chi connectivity index (χ2v) is 6.67. The van der Waals surface area contributed by atoms with Gasteiger partial charge in [-0.25, -0.2) is 0 Å². The molecule has 2 amide bonds. The number of rotatable bonds is 3. The zero-order chi connectivity index (χ0) is 17.8. The van der Waals surface area contributed by atoms with Gasteiger partial charge < -0.3 is 10.2 Å². The van der Waals surface area contributed by atoms with Gasteiger partial charge in [-0.15, -0.1) is 0 Å². The number of carbonyl (C=O) groups excluding carboxylic acids is 2. The smallest absolute Gasteiger partial charge is 0.274 e. The van der Waals surface area contributed by atoms with Gasteiger partial charge in [0.25, 0.3) is 11.8 Å². The molecule has 0 atom stereocenters. The Bertz CT molecular complexity index is 780. The van der Waals surface area contributed by atoms with Crippen LogP contribution in [0.25, 0.3) is 0 Å². The lowest BCUT2D eigenvalue weighted by atomic mass is 9.98. The highest BCUT2D eigenvalue weighted by atomic mass is 16.2. The van der Waals surface area contributed by atoms with Crippen LogP contribution >= 0.6 is 0 Å². The molecular formula is C20H23N3O2. The molecule has 1 fully saturated rings. The van der Waals surface area contributed by atoms with E-state index in [9.17, 15) is 9.59 Å². The number of hydrogen-bond acceptors (Lipinski definition) is 3. The molecule has 2 aromatic rings. The number of benzene rings is 1. The molecule has 2 heterocycles. The molecule has 0 saturated carbocycles. The first-order chi connectivity index (χ1) is 12.0. The molecule has 1 aromatic heterocycles. The Morgan fingerprint density at radius 1 is 1.16 bits per heavy atom. The molecule has 1 N–H and O–H groups in total. The molecule has 1 aliphatic rings. The number of nitrogens with one attached hydrogen (secondary N) is 1. The highest BCUT2D eigenvalue weighted by Crippen LogP contribution is 2.19. The molecule has 0 radical (unpaired) electrons. The van der Waals surface area contributed by atoms with Crippen molar-refractivity contribution < 1.29 is 9.59 Å². The van der Waals surface area contributed by atoms with Crippen molar-refractivity contribution in [3.05, 3.63) is 59.4 Å². The maximum Gasteiger partial charge on any atom is 0.274 e. The molecule has 1 saturated heterocycles. The first-order valence-corrected chi connectivity index (χ1v) is 8.67. The van der Waals surface area contributed by atoms with Gasteiger partial charge in [-0.1, -0.05) is 25.1 Å². The maximum atomic E-state index is 12.7. The van der Waals surface area contributed by atoms with E-state index in [1.807, 2.05) is 36.1 Å². The average Bonchev–Trinajstić information content (AvgIpc) is 2.64. The fourth-order valence-electron chi connectivity index (χ4n) is 2.98. The Balaban J connectivity index is 1.73. The molecule has 0 aliphatic carbocycles. The van der Waals surface area contributed by atoms with Crippen LogP contribution < -0.4 is 5.32 Å². The van der Waals surface area contributed by atoms with Gasteiger partial charge in [0.15, 0.2) is 0 Å². The maximum absolute atomic E-state index is 12.7. The van der Waals surface area contributed by atoms with Crippen molar-refractivity contribution in [2.75, 3.05) is 18.4 Å². The van der Waals surface area contributed by atoms with E-state index in [2.05, 4.69) is 17.2 Å². The number of aromatic nitrogens is 1. The molecule has 0 unspecified atom stereocenters. The van der Waals surface area contributed by atoms with Gasteiger partial charge in [-0.2, -0.15) is 0 Å². The van der Waals surface area contributed by atoms with Crippen molar-refractivity contribution in [2.24, 2.45) is 5.92 Å². The summed E-state index contributed by atoms with van der Waals surface area (Å²) >= 11 is 0. The zero-order valence-electron chi connectivity index (χ0n) is 14.7. The third kappa shape index (κ3) is 4.05. The van der Waals surface area contributed by atoms with Gasteiger partial charge in [-0.3, -0.25) is 14.6 Å². The van der Waals surface area contributed by atoms with E-state index in [-0.39, 0.29) is 17.5 Å². The number of piperidine rings is 1. The van der Waals surface area contributed by atoms with Crippen molar-refractivity contribution in [2.45, 2.75) is 26.7 Å². The van der Waals surface area contributed by atoms with Crippen LogP contribution in [-0.4, -0.2) is 34.8 Å². The van der Waals surface area contributed by atoms with Gasteiger partial charge in [-0.05, 0) is 49.4 Å². The number of amides is 2. The van der Waals surface area contributed by atoms with Crippen LogP contribution in [0.15, 0.2) is 42.6 Å². The minimum Gasteiger partial charge on any atom is -0.339 e. The van der Waals surface area contributed by atoms with Crippen molar-refractivity contribution in [3.8, 4) is 0 Å². The number of carbonyl (C=O) groups is 2. The Kier molecular flexibility index (Phi) is 5.12. The van der Waals surface area contributed by atoms with E-state index in [1.54, 1.807) is 12.1 Å². The summed E-state index contributed by atoms with van der Waals surface area (Å²) in [6, 6.07) is 10.8. The zero-order valence-corrected chi connectivity index (χ0v) is 14.7. The summed E-state index contributed by atoms with van der Waals surface area (Å²) in [7, 11) is 0. The molecule has 1 aromatic carbocycles. The quantitative estimate of drug-likeness (QED) is 0.932. The molecule has 0 spiro atoms. The minimum atomic E-state index is -0.309. The summed E-state index contributed by atoms with van der Waals surface area (Å²) in [5.41, 5.74) is 2.49. The van der Waals surface area contributed by atoms with E-state index in [0.29, 0.717) is 11.5 Å². The van der Waals surface area contributed by atoms with Crippen LogP contribution in [0.5, 0.6) is 0 Å². The SMILES string of the molecule is Cc1ccccc1NC(=O)c1cc(C(=O)N2CCC(C)CC2)ccn1. The molecule has 25 heavy (non-hydrogen) atoms. The third-order valence-corrected chi connectivity index (χ3v) is 4.70. The van der Waals surface area contributed by atoms with Gasteiger partial charge in [0, 0.05) is 30.5 Å². The van der Waals surface area contributed by atoms with Crippen molar-refractivity contribution in [1.82, 2.24) is 9.88 Å². The lowest BCUT2D eigenvalue weighted by molar-refractivity contribution is 0.0697.